The van der Waals surface area contributed by atoms with E-state index >= 15 is 0 Å². The van der Waals surface area contributed by atoms with Gasteiger partial charge in [0, 0.05) is 41.9 Å². The standard InChI is InChI=1S/C28H32ClNO6/c1-3-4-6-20(31)13-19-7-8-21(14-24(19)29)36-26-9-10-30-25-16-28(27(32-2)15-23(25)26)35-12-5-11-34-22-17-33-18-22/h7-10,14-16,22H,3-6,11-13,17-18H2,1-2H3. The molecular weight excluding hydrogens is 482 g/mol. The van der Waals surface area contributed by atoms with Crippen molar-refractivity contribution in [1.82, 2.24) is 4.98 Å². The number of fused-ring (bicyclic) bond motifs is 1. The first-order valence-corrected chi connectivity index (χ1v) is 12.7. The predicted octanol–water partition coefficient (Wildman–Crippen LogP) is 6.18. The van der Waals surface area contributed by atoms with E-state index in [1.165, 1.54) is 0 Å². The van der Waals surface area contributed by atoms with Gasteiger partial charge in [-0.3, -0.25) is 9.78 Å². The highest BCUT2D eigenvalue weighted by Crippen LogP contribution is 2.37. The van der Waals surface area contributed by atoms with E-state index in [1.54, 1.807) is 25.4 Å². The van der Waals surface area contributed by atoms with Crippen LogP contribution in [0.2, 0.25) is 5.02 Å². The van der Waals surface area contributed by atoms with Crippen LogP contribution in [0.15, 0.2) is 42.6 Å². The smallest absolute Gasteiger partial charge is 0.163 e. The van der Waals surface area contributed by atoms with Crippen molar-refractivity contribution < 1.29 is 28.5 Å². The zero-order valence-corrected chi connectivity index (χ0v) is 21.5. The van der Waals surface area contributed by atoms with Gasteiger partial charge in [-0.1, -0.05) is 31.0 Å². The van der Waals surface area contributed by atoms with Gasteiger partial charge in [0.15, 0.2) is 11.5 Å². The maximum Gasteiger partial charge on any atom is 0.163 e. The minimum Gasteiger partial charge on any atom is -0.493 e. The van der Waals surface area contributed by atoms with Gasteiger partial charge in [-0.2, -0.15) is 0 Å². The van der Waals surface area contributed by atoms with E-state index in [2.05, 4.69) is 11.9 Å². The Morgan fingerprint density at radius 1 is 1.08 bits per heavy atom. The highest BCUT2D eigenvalue weighted by molar-refractivity contribution is 6.31. The van der Waals surface area contributed by atoms with E-state index in [0.717, 1.165) is 35.7 Å². The van der Waals surface area contributed by atoms with Gasteiger partial charge < -0.3 is 23.7 Å². The average molecular weight is 514 g/mol. The number of ether oxygens (including phenoxy) is 5. The molecule has 8 heteroatoms. The summed E-state index contributed by atoms with van der Waals surface area (Å²) in [5, 5.41) is 1.29. The number of aromatic nitrogens is 1. The van der Waals surface area contributed by atoms with Crippen LogP contribution in [0.4, 0.5) is 0 Å². The van der Waals surface area contributed by atoms with Gasteiger partial charge in [-0.05, 0) is 36.2 Å². The summed E-state index contributed by atoms with van der Waals surface area (Å²) in [6.45, 7) is 4.53. The van der Waals surface area contributed by atoms with E-state index in [1.807, 2.05) is 24.3 Å². The number of carbonyl (C=O) groups excluding carboxylic acids is 1. The molecule has 3 aromatic rings. The Balaban J connectivity index is 1.43. The van der Waals surface area contributed by atoms with Crippen molar-refractivity contribution in [2.45, 2.75) is 45.1 Å². The zero-order chi connectivity index (χ0) is 25.3. The predicted molar refractivity (Wildman–Crippen MR) is 139 cm³/mol. The molecule has 1 saturated heterocycles. The van der Waals surface area contributed by atoms with E-state index in [4.69, 9.17) is 35.3 Å². The third-order valence-corrected chi connectivity index (χ3v) is 6.30. The van der Waals surface area contributed by atoms with E-state index in [-0.39, 0.29) is 11.9 Å². The minimum atomic E-state index is 0.193. The highest BCUT2D eigenvalue weighted by Gasteiger charge is 2.18. The number of methoxy groups -OCH3 is 1. The summed E-state index contributed by atoms with van der Waals surface area (Å²) < 4.78 is 28.5. The number of halogens is 1. The number of Topliss-reactive ketones (excluding diaryl/α,β-unsaturated/α-hetero) is 1. The topological polar surface area (TPSA) is 76.1 Å². The summed E-state index contributed by atoms with van der Waals surface area (Å²) in [6, 6.07) is 10.9. The monoisotopic (exact) mass is 513 g/mol. The fourth-order valence-electron chi connectivity index (χ4n) is 3.83. The molecular formula is C28H32ClNO6. The fraction of sp³-hybridized carbons (Fsp3) is 0.429. The quantitative estimate of drug-likeness (QED) is 0.238. The number of rotatable bonds is 14. The molecule has 1 fully saturated rings. The second-order valence-corrected chi connectivity index (χ2v) is 9.14. The van der Waals surface area contributed by atoms with E-state index < -0.39 is 0 Å². The molecule has 0 bridgehead atoms. The van der Waals surface area contributed by atoms with Crippen molar-refractivity contribution in [2.24, 2.45) is 0 Å². The van der Waals surface area contributed by atoms with Gasteiger partial charge in [0.05, 0.1) is 39.1 Å². The van der Waals surface area contributed by atoms with Crippen molar-refractivity contribution in [1.29, 1.82) is 0 Å². The highest BCUT2D eigenvalue weighted by atomic mass is 35.5. The molecule has 2 aromatic carbocycles. The Morgan fingerprint density at radius 3 is 2.67 bits per heavy atom. The number of ketones is 1. The lowest BCUT2D eigenvalue weighted by Crippen LogP contribution is -2.36. The molecule has 36 heavy (non-hydrogen) atoms. The number of pyridine rings is 1. The van der Waals surface area contributed by atoms with Crippen LogP contribution in [0.3, 0.4) is 0 Å². The molecule has 1 aliphatic heterocycles. The third-order valence-electron chi connectivity index (χ3n) is 5.94. The number of benzene rings is 2. The van der Waals surface area contributed by atoms with Crippen molar-refractivity contribution in [3.05, 3.63) is 53.2 Å². The lowest BCUT2D eigenvalue weighted by Gasteiger charge is -2.25. The van der Waals surface area contributed by atoms with Crippen LogP contribution in [0, 0.1) is 0 Å². The first-order chi connectivity index (χ1) is 17.6. The molecule has 7 nitrogen and oxygen atoms in total. The lowest BCUT2D eigenvalue weighted by molar-refractivity contribution is -0.130. The third kappa shape index (κ3) is 6.87. The van der Waals surface area contributed by atoms with Gasteiger partial charge in [-0.25, -0.2) is 0 Å². The molecule has 0 spiro atoms. The Bertz CT molecular complexity index is 1180. The van der Waals surface area contributed by atoms with Crippen LogP contribution in [0.1, 0.15) is 38.2 Å². The van der Waals surface area contributed by atoms with Gasteiger partial charge in [-0.15, -0.1) is 0 Å². The summed E-state index contributed by atoms with van der Waals surface area (Å²) in [7, 11) is 1.60. The summed E-state index contributed by atoms with van der Waals surface area (Å²) in [6.07, 6.45) is 5.45. The van der Waals surface area contributed by atoms with Crippen LogP contribution in [0.5, 0.6) is 23.0 Å². The fourth-order valence-corrected chi connectivity index (χ4v) is 4.07. The Labute approximate surface area is 216 Å². The summed E-state index contributed by atoms with van der Waals surface area (Å²) in [5.74, 6) is 2.59. The number of carbonyl (C=O) groups is 1. The molecule has 0 radical (unpaired) electrons. The maximum absolute atomic E-state index is 12.1. The van der Waals surface area contributed by atoms with Gasteiger partial charge in [0.2, 0.25) is 0 Å². The molecule has 0 saturated carbocycles. The Hall–Kier alpha value is -2.87. The lowest BCUT2D eigenvalue weighted by atomic mass is 10.0. The zero-order valence-electron chi connectivity index (χ0n) is 20.8. The van der Waals surface area contributed by atoms with Crippen molar-refractivity contribution in [3.63, 3.8) is 0 Å². The molecule has 0 unspecified atom stereocenters. The SMILES string of the molecule is CCCCC(=O)Cc1ccc(Oc2ccnc3cc(OCCCOC4COC4)c(OC)cc23)cc1Cl. The van der Waals surface area contributed by atoms with Crippen LogP contribution in [0.25, 0.3) is 10.9 Å². The molecule has 0 aliphatic carbocycles. The number of unbranched alkanes of at least 4 members (excludes halogenated alkanes) is 1. The second kappa shape index (κ2) is 12.9. The van der Waals surface area contributed by atoms with Crippen LogP contribution in [-0.2, 0) is 20.7 Å². The minimum absolute atomic E-state index is 0.193. The molecule has 2 heterocycles. The molecule has 4 rings (SSSR count). The second-order valence-electron chi connectivity index (χ2n) is 8.74. The first-order valence-electron chi connectivity index (χ1n) is 12.3. The summed E-state index contributed by atoms with van der Waals surface area (Å²) >= 11 is 6.46. The normalized spacial score (nSPS) is 13.4. The molecule has 1 aliphatic rings. The van der Waals surface area contributed by atoms with Crippen molar-refractivity contribution in [3.8, 4) is 23.0 Å². The largest absolute Gasteiger partial charge is 0.493 e. The maximum atomic E-state index is 12.1. The molecule has 0 N–H and O–H groups in total. The number of hydrogen-bond donors (Lipinski definition) is 0. The number of nitrogens with zero attached hydrogens (tertiary/aromatic N) is 1. The summed E-state index contributed by atoms with van der Waals surface area (Å²) in [5.41, 5.74) is 1.52. The Morgan fingerprint density at radius 2 is 1.94 bits per heavy atom. The molecule has 192 valence electrons. The first kappa shape index (κ1) is 26.2. The summed E-state index contributed by atoms with van der Waals surface area (Å²) in [4.78, 5) is 16.6. The van der Waals surface area contributed by atoms with Gasteiger partial charge >= 0.3 is 0 Å². The van der Waals surface area contributed by atoms with Gasteiger partial charge in [0.1, 0.15) is 23.4 Å². The average Bonchev–Trinajstić information content (AvgIpc) is 2.85. The van der Waals surface area contributed by atoms with Gasteiger partial charge in [0.25, 0.3) is 0 Å². The number of hydrogen-bond acceptors (Lipinski definition) is 7. The van der Waals surface area contributed by atoms with E-state index in [0.29, 0.717) is 67.3 Å². The van der Waals surface area contributed by atoms with E-state index in [9.17, 15) is 4.79 Å². The van der Waals surface area contributed by atoms with Crippen molar-refractivity contribution >= 4 is 28.3 Å². The van der Waals surface area contributed by atoms with Crippen LogP contribution in [-0.4, -0.2) is 50.4 Å². The van der Waals surface area contributed by atoms with Crippen molar-refractivity contribution in [2.75, 3.05) is 33.5 Å². The molecule has 0 amide bonds. The molecule has 0 atom stereocenters. The Kier molecular flexibility index (Phi) is 9.39. The van der Waals surface area contributed by atoms with Crippen LogP contribution < -0.4 is 14.2 Å². The molecule has 1 aromatic heterocycles. The van der Waals surface area contributed by atoms with Crippen LogP contribution >= 0.6 is 11.6 Å².